The SMILES string of the molecule is CC[C@H](C)[C@H](NC(=O)[C@H](CCC(N)=O)NC(=O)[C@H](Cc1ccccc1)NC(=O)[C@H](Cc1ccc(O)cc1)NC(=O)[C@@H](N)Cc1ccccc1)C(=O)N[C@@H](CS)C(=O)N1CCC[C@H]1C(=O)N[C@@H](CCCN)C(=O)NCC(N)=O. The molecule has 23 nitrogen and oxygen atoms in total. The number of carbonyl (C=O) groups is 10. The lowest BCUT2D eigenvalue weighted by Gasteiger charge is -2.31. The predicted octanol–water partition coefficient (Wildman–Crippen LogP) is -1.77. The zero-order valence-electron chi connectivity index (χ0n) is 43.4. The molecular weight excluding hydrogens is 1010 g/mol. The van der Waals surface area contributed by atoms with E-state index in [0.29, 0.717) is 30.4 Å². The molecule has 4 rings (SSSR count). The van der Waals surface area contributed by atoms with Crippen molar-refractivity contribution in [1.29, 1.82) is 0 Å². The Bertz CT molecular complexity index is 2490. The molecule has 3 aromatic carbocycles. The molecule has 3 aromatic rings. The van der Waals surface area contributed by atoms with Crippen LogP contribution in [0.4, 0.5) is 0 Å². The third-order valence-corrected chi connectivity index (χ3v) is 13.4. The number of carbonyl (C=O) groups excluding carboxylic acids is 10. The fraction of sp³-hybridized carbons (Fsp3) is 0.472. The van der Waals surface area contributed by atoms with Crippen LogP contribution in [0.25, 0.3) is 0 Å². The van der Waals surface area contributed by atoms with E-state index in [0.717, 1.165) is 5.56 Å². The predicted molar refractivity (Wildman–Crippen MR) is 289 cm³/mol. The summed E-state index contributed by atoms with van der Waals surface area (Å²) in [7, 11) is 0. The number of hydrogen-bond acceptors (Lipinski definition) is 14. The summed E-state index contributed by atoms with van der Waals surface area (Å²) in [5.41, 5.74) is 24.6. The monoisotopic (exact) mass is 1090 g/mol. The number of amides is 10. The quantitative estimate of drug-likeness (QED) is 0.0318. The van der Waals surface area contributed by atoms with Gasteiger partial charge in [-0.05, 0) is 79.8 Å². The van der Waals surface area contributed by atoms with Crippen molar-refractivity contribution in [2.24, 2.45) is 28.9 Å². The highest BCUT2D eigenvalue weighted by atomic mass is 32.1. The third-order valence-electron chi connectivity index (χ3n) is 13.1. The number of benzene rings is 3. The Morgan fingerprint density at radius 2 is 1.16 bits per heavy atom. The number of nitrogens with one attached hydrogen (secondary N) is 7. The van der Waals surface area contributed by atoms with Gasteiger partial charge < -0.3 is 70.2 Å². The summed E-state index contributed by atoms with van der Waals surface area (Å²) >= 11 is 4.35. The van der Waals surface area contributed by atoms with Crippen molar-refractivity contribution < 1.29 is 53.1 Å². The second-order valence-electron chi connectivity index (χ2n) is 19.0. The topological polar surface area (TPSA) is 382 Å². The van der Waals surface area contributed by atoms with Crippen LogP contribution in [0.5, 0.6) is 5.75 Å². The van der Waals surface area contributed by atoms with Crippen molar-refractivity contribution in [3.8, 4) is 5.75 Å². The maximum Gasteiger partial charge on any atom is 0.246 e. The number of rotatable bonds is 31. The second-order valence-corrected chi connectivity index (χ2v) is 19.4. The van der Waals surface area contributed by atoms with Gasteiger partial charge in [-0.3, -0.25) is 47.9 Å². The minimum absolute atomic E-state index is 0.0275. The standard InChI is InChI=1S/C53H74N12O11S/c1-3-31(2)45(52(75)63-41(30-77)53(76)65-25-11-17-42(65)51(74)60-37(16-10-24-54)47(70)58-29-44(57)68)64-48(71)38(22-23-43(56)67)59-49(72)40(27-33-14-8-5-9-15-33)62-50(73)39(28-34-18-20-35(66)21-19-34)61-46(69)36(55)26-32-12-6-4-7-13-32/h4-9,12-15,18-21,31,36-42,45,66,77H,3,10-11,16-17,22-30,54-55H2,1-2H3,(H2,56,67)(H2,57,68)(H,58,70)(H,59,72)(H,60,74)(H,61,69)(H,62,73)(H,63,75)(H,64,71)/t31-,36-,37-,38-,39-,40-,41-,42-,45-/m0/s1. The number of nitrogens with two attached hydrogens (primary N) is 4. The third kappa shape index (κ3) is 20.1. The summed E-state index contributed by atoms with van der Waals surface area (Å²) < 4.78 is 0. The number of nitrogens with zero attached hydrogens (tertiary/aromatic N) is 1. The van der Waals surface area contributed by atoms with Gasteiger partial charge >= 0.3 is 0 Å². The Hall–Kier alpha value is -7.57. The Labute approximate surface area is 453 Å². The highest BCUT2D eigenvalue weighted by molar-refractivity contribution is 7.80. The van der Waals surface area contributed by atoms with E-state index in [1.54, 1.807) is 80.6 Å². The fourth-order valence-corrected chi connectivity index (χ4v) is 8.79. The van der Waals surface area contributed by atoms with Crippen LogP contribution < -0.4 is 60.2 Å². The molecule has 1 aliphatic rings. The number of phenols is 1. The van der Waals surface area contributed by atoms with Gasteiger partial charge in [-0.15, -0.1) is 0 Å². The first kappa shape index (κ1) is 62.0. The van der Waals surface area contributed by atoms with Crippen molar-refractivity contribution in [1.82, 2.24) is 42.1 Å². The normalized spacial score (nSPS) is 16.1. The average Bonchev–Trinajstić information content (AvgIpc) is 3.92. The van der Waals surface area contributed by atoms with E-state index in [1.807, 2.05) is 6.07 Å². The van der Waals surface area contributed by atoms with Gasteiger partial charge in [0.15, 0.2) is 0 Å². The number of phenolic OH excluding ortho intramolecular Hbond substituents is 1. The fourth-order valence-electron chi connectivity index (χ4n) is 8.54. The lowest BCUT2D eigenvalue weighted by molar-refractivity contribution is -0.142. The molecule has 1 heterocycles. The van der Waals surface area contributed by atoms with Gasteiger partial charge in [0.25, 0.3) is 0 Å². The van der Waals surface area contributed by atoms with Crippen LogP contribution >= 0.6 is 12.6 Å². The molecule has 77 heavy (non-hydrogen) atoms. The summed E-state index contributed by atoms with van der Waals surface area (Å²) in [6, 6.07) is 13.6. The van der Waals surface area contributed by atoms with E-state index >= 15 is 0 Å². The Kier molecular flexibility index (Phi) is 25.3. The molecule has 0 unspecified atom stereocenters. The van der Waals surface area contributed by atoms with E-state index in [9.17, 15) is 53.1 Å². The number of hydrogen-bond donors (Lipinski definition) is 13. The molecule has 10 amide bonds. The second kappa shape index (κ2) is 31.5. The van der Waals surface area contributed by atoms with Crippen LogP contribution in [-0.4, -0.2) is 143 Å². The van der Waals surface area contributed by atoms with Crippen LogP contribution in [0.2, 0.25) is 0 Å². The maximum absolute atomic E-state index is 14.5. The summed E-state index contributed by atoms with van der Waals surface area (Å²) in [6.07, 6.45) is 0.742. The van der Waals surface area contributed by atoms with E-state index in [4.69, 9.17) is 22.9 Å². The van der Waals surface area contributed by atoms with Crippen molar-refractivity contribution in [3.63, 3.8) is 0 Å². The first-order valence-corrected chi connectivity index (χ1v) is 26.3. The van der Waals surface area contributed by atoms with Gasteiger partial charge in [-0.2, -0.15) is 12.6 Å². The van der Waals surface area contributed by atoms with Gasteiger partial charge in [0.2, 0.25) is 59.1 Å². The lowest BCUT2D eigenvalue weighted by atomic mass is 9.97. The summed E-state index contributed by atoms with van der Waals surface area (Å²) in [5.74, 6) is -8.38. The first-order chi connectivity index (χ1) is 36.7. The molecular formula is C53H74N12O11S. The molecule has 16 N–H and O–H groups in total. The minimum atomic E-state index is -1.51. The largest absolute Gasteiger partial charge is 0.508 e. The van der Waals surface area contributed by atoms with Crippen molar-refractivity contribution in [2.45, 2.75) is 126 Å². The molecule has 1 saturated heterocycles. The molecule has 0 aromatic heterocycles. The van der Waals surface area contributed by atoms with E-state index < -0.39 is 120 Å². The van der Waals surface area contributed by atoms with Crippen LogP contribution in [0.1, 0.15) is 75.5 Å². The Balaban J connectivity index is 1.55. The van der Waals surface area contributed by atoms with Crippen molar-refractivity contribution >= 4 is 71.7 Å². The number of primary amides is 2. The van der Waals surface area contributed by atoms with Crippen LogP contribution in [0, 0.1) is 5.92 Å². The minimum Gasteiger partial charge on any atom is -0.508 e. The molecule has 0 radical (unpaired) electrons. The van der Waals surface area contributed by atoms with Crippen LogP contribution in [0.15, 0.2) is 84.9 Å². The van der Waals surface area contributed by atoms with Gasteiger partial charge in [0.1, 0.15) is 48.0 Å². The van der Waals surface area contributed by atoms with E-state index in [2.05, 4.69) is 49.8 Å². The van der Waals surface area contributed by atoms with Crippen molar-refractivity contribution in [2.75, 3.05) is 25.4 Å². The highest BCUT2D eigenvalue weighted by Gasteiger charge is 2.40. The highest BCUT2D eigenvalue weighted by Crippen LogP contribution is 2.21. The van der Waals surface area contributed by atoms with Crippen LogP contribution in [0.3, 0.4) is 0 Å². The number of thiol groups is 1. The molecule has 0 bridgehead atoms. The first-order valence-electron chi connectivity index (χ1n) is 25.6. The van der Waals surface area contributed by atoms with Gasteiger partial charge in [0.05, 0.1) is 12.6 Å². The van der Waals surface area contributed by atoms with Gasteiger partial charge in [-0.1, -0.05) is 93.1 Å². The summed E-state index contributed by atoms with van der Waals surface area (Å²) in [6.45, 7) is 3.32. The molecule has 0 saturated carbocycles. The molecule has 1 aliphatic heterocycles. The van der Waals surface area contributed by atoms with E-state index in [-0.39, 0.29) is 69.5 Å². The summed E-state index contributed by atoms with van der Waals surface area (Å²) in [5, 5.41) is 28.4. The van der Waals surface area contributed by atoms with Crippen molar-refractivity contribution in [3.05, 3.63) is 102 Å². The average molecular weight is 1090 g/mol. The molecule has 1 fully saturated rings. The Morgan fingerprint density at radius 3 is 1.70 bits per heavy atom. The zero-order chi connectivity index (χ0) is 56.6. The molecule has 24 heteroatoms. The molecule has 0 aliphatic carbocycles. The molecule has 0 spiro atoms. The lowest BCUT2D eigenvalue weighted by Crippen LogP contribution is -2.61. The van der Waals surface area contributed by atoms with E-state index in [1.165, 1.54) is 17.0 Å². The number of likely N-dealkylation sites (tertiary alicyclic amines) is 1. The Morgan fingerprint density at radius 1 is 0.636 bits per heavy atom. The maximum atomic E-state index is 14.5. The number of aromatic hydroxyl groups is 1. The van der Waals surface area contributed by atoms with Gasteiger partial charge in [-0.25, -0.2) is 0 Å². The van der Waals surface area contributed by atoms with Crippen LogP contribution in [-0.2, 0) is 67.2 Å². The van der Waals surface area contributed by atoms with Gasteiger partial charge in [0, 0.05) is 31.6 Å². The zero-order valence-corrected chi connectivity index (χ0v) is 44.3. The molecule has 9 atom stereocenters. The summed E-state index contributed by atoms with van der Waals surface area (Å²) in [4.78, 5) is 136. The molecule has 418 valence electrons. The smallest absolute Gasteiger partial charge is 0.246 e.